The van der Waals surface area contributed by atoms with Gasteiger partial charge in [-0.3, -0.25) is 14.4 Å². The van der Waals surface area contributed by atoms with Gasteiger partial charge in [-0.25, -0.2) is 4.79 Å². The Morgan fingerprint density at radius 2 is 1.04 bits per heavy atom. The summed E-state index contributed by atoms with van der Waals surface area (Å²) in [5, 5.41) is 22.7. The van der Waals surface area contributed by atoms with Crippen molar-refractivity contribution >= 4 is 67.7 Å². The maximum atomic E-state index is 12.8. The van der Waals surface area contributed by atoms with Crippen molar-refractivity contribution in [3.05, 3.63) is 167 Å². The molecule has 2 aliphatic carbocycles. The molecule has 0 saturated carbocycles. The third-order valence-electron chi connectivity index (χ3n) is 9.63. The third-order valence-corrected chi connectivity index (χ3v) is 9.63. The van der Waals surface area contributed by atoms with Crippen molar-refractivity contribution in [2.75, 3.05) is 21.7 Å². The van der Waals surface area contributed by atoms with Crippen LogP contribution in [0.3, 0.4) is 0 Å². The van der Waals surface area contributed by atoms with Crippen LogP contribution in [0.4, 0.5) is 22.7 Å². The summed E-state index contributed by atoms with van der Waals surface area (Å²) in [7, 11) is 0. The van der Waals surface area contributed by atoms with E-state index >= 15 is 0 Å². The summed E-state index contributed by atoms with van der Waals surface area (Å²) >= 11 is 0. The molecule has 9 heteroatoms. The van der Waals surface area contributed by atoms with Crippen LogP contribution < -0.4 is 21.7 Å². The molecular weight excluding hydrogens is 689 g/mol. The lowest BCUT2D eigenvalue weighted by Gasteiger charge is -2.11. The molecular formula is C46H42N4O5. The highest BCUT2D eigenvalue weighted by Crippen LogP contribution is 2.27. The van der Waals surface area contributed by atoms with Crippen molar-refractivity contribution in [1.29, 1.82) is 0 Å². The van der Waals surface area contributed by atoms with Gasteiger partial charge >= 0.3 is 5.97 Å². The lowest BCUT2D eigenvalue weighted by atomic mass is 10.1. The maximum Gasteiger partial charge on any atom is 0.335 e. The van der Waals surface area contributed by atoms with Crippen LogP contribution in [-0.4, -0.2) is 28.5 Å². The Balaban J connectivity index is 0.000000156. The summed E-state index contributed by atoms with van der Waals surface area (Å²) in [6, 6.07) is 41.8. The first-order chi connectivity index (χ1) is 26.6. The highest BCUT2D eigenvalue weighted by atomic mass is 16.4. The van der Waals surface area contributed by atoms with E-state index < -0.39 is 5.97 Å². The smallest absolute Gasteiger partial charge is 0.335 e. The van der Waals surface area contributed by atoms with Crippen LogP contribution in [0.15, 0.2) is 156 Å². The van der Waals surface area contributed by atoms with Crippen LogP contribution in [-0.2, 0) is 9.59 Å². The van der Waals surface area contributed by atoms with Gasteiger partial charge in [0.1, 0.15) is 0 Å². The summed E-state index contributed by atoms with van der Waals surface area (Å²) < 4.78 is 0. The van der Waals surface area contributed by atoms with E-state index in [1.165, 1.54) is 11.5 Å². The van der Waals surface area contributed by atoms with Crippen LogP contribution in [0.2, 0.25) is 0 Å². The van der Waals surface area contributed by atoms with Crippen LogP contribution in [0, 0.1) is 0 Å². The van der Waals surface area contributed by atoms with Crippen molar-refractivity contribution < 1.29 is 24.3 Å². The predicted molar refractivity (Wildman–Crippen MR) is 221 cm³/mol. The number of fused-ring (bicyclic) bond motifs is 2. The average molecular weight is 731 g/mol. The summed E-state index contributed by atoms with van der Waals surface area (Å²) in [4.78, 5) is 46.6. The van der Waals surface area contributed by atoms with Crippen LogP contribution in [0.1, 0.15) is 60.2 Å². The molecule has 6 N–H and O–H groups in total. The molecule has 2 aliphatic rings. The van der Waals surface area contributed by atoms with Gasteiger partial charge in [0.15, 0.2) is 11.6 Å². The molecule has 55 heavy (non-hydrogen) atoms. The molecule has 0 spiro atoms. The number of aromatic carboxylic acids is 1. The highest BCUT2D eigenvalue weighted by Gasteiger charge is 2.20. The molecule has 0 radical (unpaired) electrons. The van der Waals surface area contributed by atoms with E-state index in [0.717, 1.165) is 62.2 Å². The number of nitrogens with two attached hydrogens (primary N) is 1. The third kappa shape index (κ3) is 9.33. The number of allylic oxidation sites excluding steroid dienone is 4. The number of carbonyl (C=O) groups excluding carboxylic acids is 3. The van der Waals surface area contributed by atoms with Gasteiger partial charge in [-0.05, 0) is 86.0 Å². The van der Waals surface area contributed by atoms with Crippen molar-refractivity contribution in [3.8, 4) is 0 Å². The van der Waals surface area contributed by atoms with Crippen molar-refractivity contribution in [3.63, 3.8) is 0 Å². The second-order valence-corrected chi connectivity index (χ2v) is 13.3. The van der Waals surface area contributed by atoms with Gasteiger partial charge in [0.25, 0.3) is 5.91 Å². The number of Topliss-reactive ketones (excluding diaryl/α,β-unsaturated/α-hetero) is 2. The molecule has 0 bridgehead atoms. The van der Waals surface area contributed by atoms with Gasteiger partial charge in [0.05, 0.1) is 5.56 Å². The summed E-state index contributed by atoms with van der Waals surface area (Å²) in [5.41, 5.74) is 13.0. The number of hydrogen-bond donors (Lipinski definition) is 5. The molecule has 0 fully saturated rings. The number of benzene rings is 6. The zero-order chi connectivity index (χ0) is 38.9. The minimum atomic E-state index is -0.957. The number of ketones is 2. The Morgan fingerprint density at radius 3 is 1.58 bits per heavy atom. The zero-order valence-electron chi connectivity index (χ0n) is 30.7. The second kappa shape index (κ2) is 17.2. The molecule has 6 aromatic carbocycles. The number of carbonyl (C=O) groups is 4. The number of anilines is 4. The molecule has 9 nitrogen and oxygen atoms in total. The van der Waals surface area contributed by atoms with Gasteiger partial charge < -0.3 is 26.8 Å². The number of nitrogen functional groups attached to an aromatic ring is 1. The van der Waals surface area contributed by atoms with Crippen molar-refractivity contribution in [2.24, 2.45) is 0 Å². The van der Waals surface area contributed by atoms with E-state index in [0.29, 0.717) is 30.5 Å². The molecule has 0 aromatic heterocycles. The first-order valence-corrected chi connectivity index (χ1v) is 18.0. The van der Waals surface area contributed by atoms with E-state index in [1.807, 2.05) is 97.9 Å². The van der Waals surface area contributed by atoms with Crippen LogP contribution in [0.5, 0.6) is 0 Å². The number of amides is 1. The maximum absolute atomic E-state index is 12.8. The quantitative estimate of drug-likeness (QED) is 0.102. The lowest BCUT2D eigenvalue weighted by Crippen LogP contribution is -2.12. The first kappa shape index (κ1) is 37.7. The minimum absolute atomic E-state index is 0.155. The molecule has 276 valence electrons. The Bertz CT molecular complexity index is 2490. The van der Waals surface area contributed by atoms with Crippen molar-refractivity contribution in [1.82, 2.24) is 0 Å². The van der Waals surface area contributed by atoms with E-state index in [9.17, 15) is 19.2 Å². The predicted octanol–water partition coefficient (Wildman–Crippen LogP) is 10.00. The Hall–Kier alpha value is -7.00. The molecule has 0 atom stereocenters. The van der Waals surface area contributed by atoms with Crippen LogP contribution >= 0.6 is 0 Å². The zero-order valence-corrected chi connectivity index (χ0v) is 30.7. The fraction of sp³-hybridized carbons (Fsp3) is 0.130. The molecule has 0 saturated heterocycles. The molecule has 8 rings (SSSR count). The normalized spacial score (nSPS) is 13.6. The standard InChI is InChI=1S/C23H20N2O2.C13H13NO3.C10H9N/c1-15-20(12-13-22(15)26)24-18-9-4-8-17(14-18)23(27)25-21-11-5-7-16-6-2-3-10-19(16)21;1-8-11(5-6-12(8)15)14-10-4-2-3-9(7-10)13(16)17;11-10-7-3-5-8-4-1-2-6-9(8)10/h2-11,14,24H,12-13H2,1H3,(H,25,27);2-4,7,14H,5-6H2,1H3,(H,16,17);1-7H,11H2. The van der Waals surface area contributed by atoms with Gasteiger partial charge in [-0.2, -0.15) is 0 Å². The van der Waals surface area contributed by atoms with Gasteiger partial charge in [-0.15, -0.1) is 0 Å². The Morgan fingerprint density at radius 1 is 0.564 bits per heavy atom. The second-order valence-electron chi connectivity index (χ2n) is 13.3. The van der Waals surface area contributed by atoms with E-state index in [2.05, 4.69) is 28.1 Å². The fourth-order valence-corrected chi connectivity index (χ4v) is 6.47. The Labute approximate surface area is 319 Å². The number of nitrogens with one attached hydrogen (secondary N) is 3. The molecule has 0 aliphatic heterocycles. The number of rotatable bonds is 7. The highest BCUT2D eigenvalue weighted by molar-refractivity contribution is 6.09. The minimum Gasteiger partial charge on any atom is -0.478 e. The number of carboxylic acid groups (broad SMARTS) is 1. The Kier molecular flexibility index (Phi) is 11.8. The number of carboxylic acids is 1. The van der Waals surface area contributed by atoms with Crippen LogP contribution in [0.25, 0.3) is 21.5 Å². The van der Waals surface area contributed by atoms with E-state index in [1.54, 1.807) is 31.2 Å². The molecule has 1 amide bonds. The monoisotopic (exact) mass is 730 g/mol. The summed E-state index contributed by atoms with van der Waals surface area (Å²) in [5.74, 6) is -0.783. The summed E-state index contributed by atoms with van der Waals surface area (Å²) in [6.07, 6.45) is 2.50. The van der Waals surface area contributed by atoms with Gasteiger partial charge in [0.2, 0.25) is 0 Å². The van der Waals surface area contributed by atoms with Gasteiger partial charge in [0, 0.05) is 74.5 Å². The van der Waals surface area contributed by atoms with Crippen molar-refractivity contribution in [2.45, 2.75) is 39.5 Å². The molecule has 0 unspecified atom stereocenters. The fourth-order valence-electron chi connectivity index (χ4n) is 6.47. The number of hydrogen-bond acceptors (Lipinski definition) is 7. The largest absolute Gasteiger partial charge is 0.478 e. The van der Waals surface area contributed by atoms with E-state index in [4.69, 9.17) is 10.8 Å². The first-order valence-electron chi connectivity index (χ1n) is 18.0. The average Bonchev–Trinajstić information content (AvgIpc) is 3.69. The SMILES string of the molecule is CC1=C(Nc2cccc(C(=O)Nc3cccc4ccccc34)c2)CCC1=O.CC1=C(Nc2cccc(C(=O)O)c2)CCC1=O.Nc1cccc2ccccc12. The lowest BCUT2D eigenvalue weighted by molar-refractivity contribution is -0.115. The molecule has 6 aromatic rings. The molecule has 0 heterocycles. The topological polar surface area (TPSA) is 151 Å². The summed E-state index contributed by atoms with van der Waals surface area (Å²) in [6.45, 7) is 3.63. The van der Waals surface area contributed by atoms with Gasteiger partial charge in [-0.1, -0.05) is 84.9 Å². The van der Waals surface area contributed by atoms with E-state index in [-0.39, 0.29) is 23.0 Å².